The molecule has 1 heterocycles. The van der Waals surface area contributed by atoms with Crippen LogP contribution in [0, 0.1) is 6.92 Å². The molecule has 1 fully saturated rings. The van der Waals surface area contributed by atoms with Gasteiger partial charge in [-0.3, -0.25) is 4.79 Å². The Kier molecular flexibility index (Phi) is 3.70. The summed E-state index contributed by atoms with van der Waals surface area (Å²) >= 11 is 6.89. The number of hydrogen-bond acceptors (Lipinski definition) is 1. The maximum Gasteiger partial charge on any atom is 0.240 e. The number of hydrogen-bond donors (Lipinski definition) is 0. The van der Waals surface area contributed by atoms with Crippen molar-refractivity contribution in [2.24, 2.45) is 0 Å². The van der Waals surface area contributed by atoms with Crippen molar-refractivity contribution in [3.8, 4) is 0 Å². The lowest BCUT2D eigenvalue weighted by Gasteiger charge is -2.30. The number of aryl methyl sites for hydroxylation is 1. The van der Waals surface area contributed by atoms with Crippen LogP contribution < -0.4 is 4.90 Å². The van der Waals surface area contributed by atoms with E-state index < -0.39 is 0 Å². The second-order valence-corrected chi connectivity index (χ2v) is 5.99. The first-order chi connectivity index (χ1) is 7.59. The van der Waals surface area contributed by atoms with E-state index in [0.29, 0.717) is 0 Å². The highest BCUT2D eigenvalue weighted by atomic mass is 79.9. The van der Waals surface area contributed by atoms with Gasteiger partial charge in [0.25, 0.3) is 0 Å². The van der Waals surface area contributed by atoms with Crippen molar-refractivity contribution in [2.75, 3.05) is 11.4 Å². The van der Waals surface area contributed by atoms with Gasteiger partial charge in [0, 0.05) is 16.7 Å². The molecular formula is C12H13Br2NO. The van der Waals surface area contributed by atoms with Crippen molar-refractivity contribution < 1.29 is 4.79 Å². The molecule has 0 bridgehead atoms. The van der Waals surface area contributed by atoms with Crippen LogP contribution in [0.2, 0.25) is 0 Å². The first kappa shape index (κ1) is 12.1. The molecule has 0 spiro atoms. The molecule has 0 unspecified atom stereocenters. The van der Waals surface area contributed by atoms with E-state index >= 15 is 0 Å². The van der Waals surface area contributed by atoms with E-state index in [1.54, 1.807) is 0 Å². The van der Waals surface area contributed by atoms with Gasteiger partial charge >= 0.3 is 0 Å². The highest BCUT2D eigenvalue weighted by Gasteiger charge is 2.27. The second-order valence-electron chi connectivity index (χ2n) is 4.03. The predicted octanol–water partition coefficient (Wildman–Crippen LogP) is 3.65. The van der Waals surface area contributed by atoms with Crippen molar-refractivity contribution in [3.05, 3.63) is 28.2 Å². The van der Waals surface area contributed by atoms with Crippen LogP contribution in [0.25, 0.3) is 0 Å². The standard InChI is InChI=1S/C12H13Br2NO/c1-8-7-9(4-5-10(8)13)15-6-2-3-11(14)12(15)16/h4-5,7,11H,2-3,6H2,1H3/t11-/m0/s1. The van der Waals surface area contributed by atoms with Crippen LogP contribution in [0.3, 0.4) is 0 Å². The Labute approximate surface area is 112 Å². The molecule has 1 amide bonds. The van der Waals surface area contributed by atoms with Crippen LogP contribution >= 0.6 is 31.9 Å². The van der Waals surface area contributed by atoms with Gasteiger partial charge in [-0.25, -0.2) is 0 Å². The molecule has 4 heteroatoms. The monoisotopic (exact) mass is 345 g/mol. The summed E-state index contributed by atoms with van der Waals surface area (Å²) in [4.78, 5) is 13.8. The van der Waals surface area contributed by atoms with Crippen LogP contribution in [0.15, 0.2) is 22.7 Å². The minimum Gasteiger partial charge on any atom is -0.311 e. The van der Waals surface area contributed by atoms with E-state index in [9.17, 15) is 4.79 Å². The molecule has 2 rings (SSSR count). The fourth-order valence-electron chi connectivity index (χ4n) is 1.88. The SMILES string of the molecule is Cc1cc(N2CCC[C@H](Br)C2=O)ccc1Br. The second kappa shape index (κ2) is 4.88. The number of halogens is 2. The molecule has 1 aliphatic rings. The average molecular weight is 347 g/mol. The summed E-state index contributed by atoms with van der Waals surface area (Å²) in [6.45, 7) is 2.86. The molecule has 0 N–H and O–H groups in total. The topological polar surface area (TPSA) is 20.3 Å². The molecule has 1 aliphatic heterocycles. The summed E-state index contributed by atoms with van der Waals surface area (Å²) < 4.78 is 1.08. The van der Waals surface area contributed by atoms with Crippen molar-refractivity contribution in [3.63, 3.8) is 0 Å². The maximum absolute atomic E-state index is 12.0. The van der Waals surface area contributed by atoms with Gasteiger partial charge in [-0.2, -0.15) is 0 Å². The molecule has 1 aromatic carbocycles. The molecule has 1 saturated heterocycles. The Morgan fingerprint density at radius 3 is 2.88 bits per heavy atom. The first-order valence-electron chi connectivity index (χ1n) is 5.31. The summed E-state index contributed by atoms with van der Waals surface area (Å²) in [5.41, 5.74) is 2.15. The highest BCUT2D eigenvalue weighted by Crippen LogP contribution is 2.27. The molecule has 2 nitrogen and oxygen atoms in total. The first-order valence-corrected chi connectivity index (χ1v) is 7.02. The number of alkyl halides is 1. The van der Waals surface area contributed by atoms with Crippen molar-refractivity contribution in [2.45, 2.75) is 24.6 Å². The van der Waals surface area contributed by atoms with E-state index in [1.807, 2.05) is 30.0 Å². The fourth-order valence-corrected chi connectivity index (χ4v) is 2.70. The predicted molar refractivity (Wildman–Crippen MR) is 73.2 cm³/mol. The number of piperidine rings is 1. The third-order valence-corrected chi connectivity index (χ3v) is 4.57. The number of amides is 1. The van der Waals surface area contributed by atoms with Gasteiger partial charge < -0.3 is 4.90 Å². The zero-order chi connectivity index (χ0) is 11.7. The Morgan fingerprint density at radius 1 is 1.44 bits per heavy atom. The Morgan fingerprint density at radius 2 is 2.19 bits per heavy atom. The largest absolute Gasteiger partial charge is 0.311 e. The quantitative estimate of drug-likeness (QED) is 0.711. The summed E-state index contributed by atoms with van der Waals surface area (Å²) in [6, 6.07) is 6.03. The summed E-state index contributed by atoms with van der Waals surface area (Å²) in [5.74, 6) is 0.174. The smallest absolute Gasteiger partial charge is 0.240 e. The summed E-state index contributed by atoms with van der Waals surface area (Å²) in [7, 11) is 0. The lowest BCUT2D eigenvalue weighted by atomic mass is 10.1. The lowest BCUT2D eigenvalue weighted by molar-refractivity contribution is -0.118. The molecular weight excluding hydrogens is 334 g/mol. The van der Waals surface area contributed by atoms with Crippen LogP contribution in [-0.2, 0) is 4.79 Å². The fraction of sp³-hybridized carbons (Fsp3) is 0.417. The van der Waals surface area contributed by atoms with E-state index in [0.717, 1.165) is 35.1 Å². The molecule has 0 saturated carbocycles. The molecule has 86 valence electrons. The zero-order valence-electron chi connectivity index (χ0n) is 9.04. The van der Waals surface area contributed by atoms with Gasteiger partial charge in [0.15, 0.2) is 0 Å². The number of nitrogens with zero attached hydrogens (tertiary/aromatic N) is 1. The van der Waals surface area contributed by atoms with E-state index in [4.69, 9.17) is 0 Å². The van der Waals surface area contributed by atoms with Gasteiger partial charge in [-0.05, 0) is 43.5 Å². The van der Waals surface area contributed by atoms with E-state index in [1.165, 1.54) is 0 Å². The van der Waals surface area contributed by atoms with Crippen LogP contribution in [0.4, 0.5) is 5.69 Å². The number of rotatable bonds is 1. The van der Waals surface area contributed by atoms with Gasteiger partial charge in [-0.1, -0.05) is 31.9 Å². The molecule has 1 atom stereocenters. The van der Waals surface area contributed by atoms with E-state index in [2.05, 4.69) is 31.9 Å². The van der Waals surface area contributed by atoms with Crippen LogP contribution in [0.5, 0.6) is 0 Å². The Balaban J connectivity index is 2.29. The van der Waals surface area contributed by atoms with Crippen molar-refractivity contribution >= 4 is 43.5 Å². The maximum atomic E-state index is 12.0. The third-order valence-electron chi connectivity index (χ3n) is 2.83. The number of carbonyl (C=O) groups excluding carboxylic acids is 1. The number of anilines is 1. The van der Waals surface area contributed by atoms with Gasteiger partial charge in [-0.15, -0.1) is 0 Å². The lowest BCUT2D eigenvalue weighted by Crippen LogP contribution is -2.41. The summed E-state index contributed by atoms with van der Waals surface area (Å²) in [6.07, 6.45) is 1.99. The molecule has 16 heavy (non-hydrogen) atoms. The Hall–Kier alpha value is -0.350. The van der Waals surface area contributed by atoms with E-state index in [-0.39, 0.29) is 10.7 Å². The minimum absolute atomic E-state index is 0.0230. The Bertz CT molecular complexity index is 419. The normalized spacial score (nSPS) is 21.3. The molecule has 0 aromatic heterocycles. The van der Waals surface area contributed by atoms with Gasteiger partial charge in [0.1, 0.15) is 0 Å². The molecule has 1 aromatic rings. The third kappa shape index (κ3) is 2.33. The van der Waals surface area contributed by atoms with Crippen LogP contribution in [0.1, 0.15) is 18.4 Å². The van der Waals surface area contributed by atoms with Gasteiger partial charge in [0.2, 0.25) is 5.91 Å². The highest BCUT2D eigenvalue weighted by molar-refractivity contribution is 9.10. The number of benzene rings is 1. The number of carbonyl (C=O) groups is 1. The van der Waals surface area contributed by atoms with Crippen molar-refractivity contribution in [1.82, 2.24) is 0 Å². The molecule has 0 aliphatic carbocycles. The zero-order valence-corrected chi connectivity index (χ0v) is 12.2. The van der Waals surface area contributed by atoms with Crippen LogP contribution in [-0.4, -0.2) is 17.3 Å². The summed E-state index contributed by atoms with van der Waals surface area (Å²) in [5, 5.41) is 0. The van der Waals surface area contributed by atoms with Gasteiger partial charge in [0.05, 0.1) is 4.83 Å². The molecule has 0 radical (unpaired) electrons. The minimum atomic E-state index is -0.0230. The average Bonchev–Trinajstić information content (AvgIpc) is 2.26. The van der Waals surface area contributed by atoms with Crippen molar-refractivity contribution in [1.29, 1.82) is 0 Å².